The average molecular weight is 285 g/mol. The molecule has 0 unspecified atom stereocenters. The molecule has 0 aromatic heterocycles. The number of piperazine rings is 3. The summed E-state index contributed by atoms with van der Waals surface area (Å²) in [6, 6.07) is 9.09. The highest BCUT2D eigenvalue weighted by atomic mass is 16.2. The van der Waals surface area contributed by atoms with Crippen molar-refractivity contribution in [1.82, 2.24) is 4.90 Å². The number of amides is 1. The highest BCUT2D eigenvalue weighted by Crippen LogP contribution is 2.24. The predicted octanol–water partition coefficient (Wildman–Crippen LogP) is 1.03. The van der Waals surface area contributed by atoms with Crippen LogP contribution in [0.15, 0.2) is 24.3 Å². The highest BCUT2D eigenvalue weighted by molar-refractivity contribution is 5.93. The molecule has 3 heterocycles. The van der Waals surface area contributed by atoms with Crippen LogP contribution in [0.3, 0.4) is 0 Å². The molecule has 21 heavy (non-hydrogen) atoms. The summed E-state index contributed by atoms with van der Waals surface area (Å²) in [5, 5.41) is 11.8. The van der Waals surface area contributed by atoms with E-state index in [0.717, 1.165) is 49.4 Å². The first-order chi connectivity index (χ1) is 10.1. The van der Waals surface area contributed by atoms with Gasteiger partial charge in [-0.15, -0.1) is 0 Å². The molecule has 0 spiro atoms. The largest absolute Gasteiger partial charge is 0.321 e. The molecule has 5 heteroatoms. The van der Waals surface area contributed by atoms with E-state index in [9.17, 15) is 4.79 Å². The highest BCUT2D eigenvalue weighted by Gasteiger charge is 2.45. The Morgan fingerprint density at radius 3 is 2.33 bits per heavy atom. The summed E-state index contributed by atoms with van der Waals surface area (Å²) >= 11 is 0. The summed E-state index contributed by atoms with van der Waals surface area (Å²) in [6.45, 7) is 8.57. The second kappa shape index (κ2) is 5.47. The summed E-state index contributed by atoms with van der Waals surface area (Å²) in [4.78, 5) is 15.0. The summed E-state index contributed by atoms with van der Waals surface area (Å²) in [5.74, 6) is 0.0788. The topological polar surface area (TPSA) is 56.1 Å². The normalized spacial score (nSPS) is 28.7. The van der Waals surface area contributed by atoms with E-state index >= 15 is 0 Å². The Bertz CT molecular complexity index is 553. The van der Waals surface area contributed by atoms with Crippen LogP contribution in [0.2, 0.25) is 0 Å². The van der Waals surface area contributed by atoms with Gasteiger partial charge in [0, 0.05) is 25.3 Å². The van der Waals surface area contributed by atoms with Crippen molar-refractivity contribution in [2.45, 2.75) is 13.0 Å². The van der Waals surface area contributed by atoms with Gasteiger partial charge in [0.15, 0.2) is 6.04 Å². The third-order valence-electron chi connectivity index (χ3n) is 5.07. The molecule has 0 saturated carbocycles. The molecule has 1 N–H and O–H groups in total. The first-order valence-electron chi connectivity index (χ1n) is 7.52. The number of anilines is 1. The van der Waals surface area contributed by atoms with E-state index in [2.05, 4.69) is 16.3 Å². The summed E-state index contributed by atoms with van der Waals surface area (Å²) < 4.78 is 0.915. The van der Waals surface area contributed by atoms with Gasteiger partial charge in [-0.2, -0.15) is 5.26 Å². The molecule has 1 aromatic carbocycles. The summed E-state index contributed by atoms with van der Waals surface area (Å²) in [7, 11) is 0. The van der Waals surface area contributed by atoms with E-state index in [1.807, 2.05) is 6.92 Å². The van der Waals surface area contributed by atoms with E-state index < -0.39 is 0 Å². The predicted molar refractivity (Wildman–Crippen MR) is 80.6 cm³/mol. The van der Waals surface area contributed by atoms with Crippen molar-refractivity contribution in [1.29, 1.82) is 5.26 Å². The van der Waals surface area contributed by atoms with Crippen molar-refractivity contribution in [2.24, 2.45) is 0 Å². The van der Waals surface area contributed by atoms with Gasteiger partial charge in [0.1, 0.15) is 0 Å². The first kappa shape index (κ1) is 14.1. The molecule has 5 nitrogen and oxygen atoms in total. The molecule has 3 aliphatic rings. The zero-order valence-electron chi connectivity index (χ0n) is 12.4. The van der Waals surface area contributed by atoms with E-state index in [-0.39, 0.29) is 11.9 Å². The summed E-state index contributed by atoms with van der Waals surface area (Å²) in [5.41, 5.74) is 1.37. The number of rotatable bonds is 3. The fourth-order valence-electron chi connectivity index (χ4n) is 3.40. The number of hydrogen-bond acceptors (Lipinski definition) is 3. The third kappa shape index (κ3) is 2.65. The number of nitrogens with zero attached hydrogens (tertiary/aromatic N) is 3. The van der Waals surface area contributed by atoms with Gasteiger partial charge >= 0.3 is 0 Å². The van der Waals surface area contributed by atoms with Crippen molar-refractivity contribution in [3.63, 3.8) is 0 Å². The van der Waals surface area contributed by atoms with E-state index in [1.54, 1.807) is 24.3 Å². The fourth-order valence-corrected chi connectivity index (χ4v) is 3.40. The lowest BCUT2D eigenvalue weighted by Crippen LogP contribution is -2.72. The number of fused-ring (bicyclic) bond motifs is 3. The molecule has 3 saturated heterocycles. The number of carbonyl (C=O) groups is 1. The van der Waals surface area contributed by atoms with Gasteiger partial charge in [0.25, 0.3) is 5.91 Å². The molecule has 3 fully saturated rings. The minimum atomic E-state index is -0.0249. The van der Waals surface area contributed by atoms with Crippen LogP contribution < -0.4 is 5.32 Å². The Morgan fingerprint density at radius 2 is 1.81 bits per heavy atom. The minimum Gasteiger partial charge on any atom is -0.321 e. The minimum absolute atomic E-state index is 0.0249. The second-order valence-electron chi connectivity index (χ2n) is 6.09. The average Bonchev–Trinajstić information content (AvgIpc) is 2.56. The zero-order chi connectivity index (χ0) is 14.9. The van der Waals surface area contributed by atoms with Crippen molar-refractivity contribution in [3.05, 3.63) is 29.8 Å². The van der Waals surface area contributed by atoms with Gasteiger partial charge in [0.05, 0.1) is 31.3 Å². The number of nitrogens with one attached hydrogen (secondary N) is 1. The van der Waals surface area contributed by atoms with Crippen molar-refractivity contribution < 1.29 is 9.28 Å². The molecule has 1 atom stereocenters. The third-order valence-corrected chi connectivity index (χ3v) is 5.07. The molecular weight excluding hydrogens is 264 g/mol. The van der Waals surface area contributed by atoms with Crippen LogP contribution in [0.1, 0.15) is 12.5 Å². The molecule has 4 rings (SSSR count). The maximum Gasteiger partial charge on any atom is 0.282 e. The monoisotopic (exact) mass is 285 g/mol. The van der Waals surface area contributed by atoms with Crippen LogP contribution in [-0.2, 0) is 4.79 Å². The van der Waals surface area contributed by atoms with E-state index in [0.29, 0.717) is 5.56 Å². The maximum atomic E-state index is 12.5. The standard InChI is InChI=1S/C16H20N4O/c1-13(20-9-6-19(7-10-20)8-11-20)16(21)18-15-4-2-14(12-17)3-5-15/h2-5,13H,6-11H2,1H3/p+1/t13-/m1/s1. The smallest absolute Gasteiger partial charge is 0.282 e. The number of hydrogen-bond donors (Lipinski definition) is 1. The van der Waals surface area contributed by atoms with Gasteiger partial charge < -0.3 is 9.80 Å². The molecule has 1 aromatic rings. The fraction of sp³-hybridized carbons (Fsp3) is 0.500. The molecule has 2 bridgehead atoms. The van der Waals surface area contributed by atoms with E-state index in [1.165, 1.54) is 0 Å². The van der Waals surface area contributed by atoms with Gasteiger partial charge in [-0.25, -0.2) is 0 Å². The zero-order valence-corrected chi connectivity index (χ0v) is 12.4. The number of quaternary nitrogens is 1. The number of nitriles is 1. The lowest BCUT2D eigenvalue weighted by atomic mass is 10.1. The molecule has 110 valence electrons. The van der Waals surface area contributed by atoms with Gasteiger partial charge in [-0.1, -0.05) is 0 Å². The Kier molecular flexibility index (Phi) is 3.66. The first-order valence-corrected chi connectivity index (χ1v) is 7.52. The maximum absolute atomic E-state index is 12.5. The van der Waals surface area contributed by atoms with Crippen LogP contribution >= 0.6 is 0 Å². The molecule has 1 amide bonds. The van der Waals surface area contributed by atoms with Crippen LogP contribution in [0.4, 0.5) is 5.69 Å². The Balaban J connectivity index is 1.68. The van der Waals surface area contributed by atoms with Crippen molar-refractivity contribution in [3.8, 4) is 6.07 Å². The van der Waals surface area contributed by atoms with Crippen LogP contribution in [0, 0.1) is 11.3 Å². The number of carbonyl (C=O) groups excluding carboxylic acids is 1. The molecule has 3 aliphatic heterocycles. The Hall–Kier alpha value is -1.90. The lowest BCUT2D eigenvalue weighted by Gasteiger charge is -2.52. The quantitative estimate of drug-likeness (QED) is 0.844. The summed E-state index contributed by atoms with van der Waals surface area (Å²) in [6.07, 6.45) is 0. The Morgan fingerprint density at radius 1 is 1.24 bits per heavy atom. The van der Waals surface area contributed by atoms with Crippen molar-refractivity contribution >= 4 is 11.6 Å². The van der Waals surface area contributed by atoms with E-state index in [4.69, 9.17) is 5.26 Å². The van der Waals surface area contributed by atoms with Crippen LogP contribution in [0.25, 0.3) is 0 Å². The van der Waals surface area contributed by atoms with Crippen LogP contribution in [0.5, 0.6) is 0 Å². The van der Waals surface area contributed by atoms with Gasteiger partial charge in [0.2, 0.25) is 0 Å². The van der Waals surface area contributed by atoms with Crippen LogP contribution in [-0.4, -0.2) is 60.6 Å². The molecule has 0 radical (unpaired) electrons. The number of benzene rings is 1. The second-order valence-corrected chi connectivity index (χ2v) is 6.09. The van der Waals surface area contributed by atoms with Gasteiger partial charge in [-0.05, 0) is 31.2 Å². The molecular formula is C16H21N4O+. The SMILES string of the molecule is C[C@H](C(=O)Nc1ccc(C#N)cc1)[N+]12CCN(CC1)CC2. The van der Waals surface area contributed by atoms with Gasteiger partial charge in [-0.3, -0.25) is 9.69 Å². The Labute approximate surface area is 125 Å². The lowest BCUT2D eigenvalue weighted by molar-refractivity contribution is -0.953. The van der Waals surface area contributed by atoms with Crippen molar-refractivity contribution in [2.75, 3.05) is 44.6 Å². The molecule has 0 aliphatic carbocycles.